The molecule has 1 aromatic rings. The van der Waals surface area contributed by atoms with Crippen molar-refractivity contribution in [1.29, 1.82) is 0 Å². The molecule has 0 N–H and O–H groups in total. The fourth-order valence-corrected chi connectivity index (χ4v) is 2.15. The molecule has 0 spiro atoms. The molecule has 1 saturated carbocycles. The summed E-state index contributed by atoms with van der Waals surface area (Å²) in [4.78, 5) is 5.25. The lowest BCUT2D eigenvalue weighted by atomic mass is 10.1. The van der Waals surface area contributed by atoms with Crippen LogP contribution in [0.25, 0.3) is 0 Å². The zero-order chi connectivity index (χ0) is 11.2. The minimum absolute atomic E-state index is 0.447. The van der Waals surface area contributed by atoms with E-state index in [0.29, 0.717) is 12.5 Å². The van der Waals surface area contributed by atoms with Crippen molar-refractivity contribution in [3.05, 3.63) is 34.9 Å². The quantitative estimate of drug-likeness (QED) is 0.572. The Bertz CT molecular complexity index is 359. The van der Waals surface area contributed by atoms with Crippen LogP contribution in [0.1, 0.15) is 31.2 Å². The van der Waals surface area contributed by atoms with Crippen LogP contribution in [0.4, 0.5) is 0 Å². The van der Waals surface area contributed by atoms with Gasteiger partial charge >= 0.3 is 0 Å². The Labute approximate surface area is 101 Å². The van der Waals surface area contributed by atoms with Crippen molar-refractivity contribution in [3.63, 3.8) is 0 Å². The molecule has 1 aliphatic carbocycles. The molecule has 0 aliphatic heterocycles. The third-order valence-corrected chi connectivity index (χ3v) is 3.29. The van der Waals surface area contributed by atoms with Crippen LogP contribution in [0.15, 0.2) is 29.4 Å². The minimum Gasteiger partial charge on any atom is -0.391 e. The first-order chi connectivity index (χ1) is 7.86. The van der Waals surface area contributed by atoms with E-state index >= 15 is 0 Å². The van der Waals surface area contributed by atoms with E-state index in [1.807, 2.05) is 30.5 Å². The van der Waals surface area contributed by atoms with Crippen LogP contribution in [-0.4, -0.2) is 6.21 Å². The normalized spacial score (nSPS) is 17.1. The third-order valence-electron chi connectivity index (χ3n) is 2.92. The van der Waals surface area contributed by atoms with E-state index in [4.69, 9.17) is 16.4 Å². The SMILES string of the molecule is Clc1ccccc1CON=CC1CCCC1. The number of hydrogen-bond acceptors (Lipinski definition) is 2. The second-order valence-corrected chi connectivity index (χ2v) is 4.57. The van der Waals surface area contributed by atoms with E-state index in [-0.39, 0.29) is 0 Å². The molecule has 16 heavy (non-hydrogen) atoms. The molecule has 1 fully saturated rings. The van der Waals surface area contributed by atoms with E-state index in [1.165, 1.54) is 25.7 Å². The summed E-state index contributed by atoms with van der Waals surface area (Å²) < 4.78 is 0. The summed E-state index contributed by atoms with van der Waals surface area (Å²) in [6.07, 6.45) is 7.07. The van der Waals surface area contributed by atoms with Gasteiger partial charge in [-0.1, -0.05) is 47.8 Å². The summed E-state index contributed by atoms with van der Waals surface area (Å²) in [6, 6.07) is 7.67. The summed E-state index contributed by atoms with van der Waals surface area (Å²) in [5, 5.41) is 4.74. The molecular weight excluding hydrogens is 222 g/mol. The van der Waals surface area contributed by atoms with Crippen LogP contribution in [0, 0.1) is 5.92 Å². The Morgan fingerprint density at radius 3 is 2.81 bits per heavy atom. The predicted octanol–water partition coefficient (Wildman–Crippen LogP) is 4.03. The van der Waals surface area contributed by atoms with Gasteiger partial charge in [0.2, 0.25) is 0 Å². The number of nitrogens with zero attached hydrogens (tertiary/aromatic N) is 1. The molecule has 0 unspecified atom stereocenters. The standard InChI is InChI=1S/C13H16ClNO/c14-13-8-4-3-7-12(13)10-16-15-9-11-5-1-2-6-11/h3-4,7-9,11H,1-2,5-6,10H2. The molecule has 0 atom stereocenters. The largest absolute Gasteiger partial charge is 0.391 e. The van der Waals surface area contributed by atoms with Crippen LogP contribution in [0.3, 0.4) is 0 Å². The average molecular weight is 238 g/mol. The Hall–Kier alpha value is -1.02. The number of benzene rings is 1. The van der Waals surface area contributed by atoms with Crippen LogP contribution in [0.5, 0.6) is 0 Å². The lowest BCUT2D eigenvalue weighted by molar-refractivity contribution is 0.130. The van der Waals surface area contributed by atoms with E-state index in [1.54, 1.807) is 0 Å². The number of oxime groups is 1. The maximum absolute atomic E-state index is 6.00. The lowest BCUT2D eigenvalue weighted by Crippen LogP contribution is -1.95. The van der Waals surface area contributed by atoms with E-state index in [2.05, 4.69) is 5.16 Å². The zero-order valence-corrected chi connectivity index (χ0v) is 9.99. The first-order valence-electron chi connectivity index (χ1n) is 5.75. The molecular formula is C13H16ClNO. The first-order valence-corrected chi connectivity index (χ1v) is 6.13. The van der Waals surface area contributed by atoms with Crippen LogP contribution in [0.2, 0.25) is 5.02 Å². The molecule has 0 heterocycles. The van der Waals surface area contributed by atoms with Gasteiger partial charge in [0.25, 0.3) is 0 Å². The van der Waals surface area contributed by atoms with Gasteiger partial charge in [-0.05, 0) is 24.8 Å². The zero-order valence-electron chi connectivity index (χ0n) is 9.23. The molecule has 0 aromatic heterocycles. The molecule has 86 valence electrons. The topological polar surface area (TPSA) is 21.6 Å². The van der Waals surface area contributed by atoms with Crippen molar-refractivity contribution in [3.8, 4) is 0 Å². The van der Waals surface area contributed by atoms with Gasteiger partial charge in [-0.3, -0.25) is 0 Å². The molecule has 0 amide bonds. The summed E-state index contributed by atoms with van der Waals surface area (Å²) in [5.74, 6) is 0.617. The van der Waals surface area contributed by atoms with Gasteiger partial charge in [0.05, 0.1) is 0 Å². The monoisotopic (exact) mass is 237 g/mol. The number of hydrogen-bond donors (Lipinski definition) is 0. The molecule has 1 aromatic carbocycles. The second-order valence-electron chi connectivity index (χ2n) is 4.16. The van der Waals surface area contributed by atoms with Crippen molar-refractivity contribution in [2.45, 2.75) is 32.3 Å². The maximum atomic E-state index is 6.00. The summed E-state index contributed by atoms with van der Waals surface area (Å²) in [5.41, 5.74) is 0.979. The van der Waals surface area contributed by atoms with Gasteiger partial charge in [-0.2, -0.15) is 0 Å². The molecule has 0 bridgehead atoms. The van der Waals surface area contributed by atoms with E-state index in [0.717, 1.165) is 10.6 Å². The fourth-order valence-electron chi connectivity index (χ4n) is 1.96. The second kappa shape index (κ2) is 5.90. The Kier molecular flexibility index (Phi) is 4.23. The molecule has 0 saturated heterocycles. The number of halogens is 1. The summed E-state index contributed by atoms with van der Waals surface area (Å²) in [6.45, 7) is 0.447. The molecule has 2 rings (SSSR count). The third kappa shape index (κ3) is 3.24. The van der Waals surface area contributed by atoms with Gasteiger partial charge in [0.1, 0.15) is 6.61 Å². The highest BCUT2D eigenvalue weighted by Gasteiger charge is 2.12. The van der Waals surface area contributed by atoms with E-state index in [9.17, 15) is 0 Å². The highest BCUT2D eigenvalue weighted by Crippen LogP contribution is 2.23. The van der Waals surface area contributed by atoms with Crippen LogP contribution < -0.4 is 0 Å². The van der Waals surface area contributed by atoms with Crippen LogP contribution >= 0.6 is 11.6 Å². The summed E-state index contributed by atoms with van der Waals surface area (Å²) in [7, 11) is 0. The number of rotatable bonds is 4. The fraction of sp³-hybridized carbons (Fsp3) is 0.462. The van der Waals surface area contributed by atoms with Crippen molar-refractivity contribution in [2.24, 2.45) is 11.1 Å². The highest BCUT2D eigenvalue weighted by atomic mass is 35.5. The van der Waals surface area contributed by atoms with Gasteiger partial charge < -0.3 is 4.84 Å². The van der Waals surface area contributed by atoms with E-state index < -0.39 is 0 Å². The molecule has 0 radical (unpaired) electrons. The Morgan fingerprint density at radius 1 is 1.31 bits per heavy atom. The lowest BCUT2D eigenvalue weighted by Gasteiger charge is -2.03. The highest BCUT2D eigenvalue weighted by molar-refractivity contribution is 6.31. The first kappa shape index (κ1) is 11.5. The summed E-state index contributed by atoms with van der Waals surface area (Å²) >= 11 is 6.00. The minimum atomic E-state index is 0.447. The average Bonchev–Trinajstić information content (AvgIpc) is 2.79. The van der Waals surface area contributed by atoms with Crippen molar-refractivity contribution < 1.29 is 4.84 Å². The van der Waals surface area contributed by atoms with Gasteiger partial charge in [-0.25, -0.2) is 0 Å². The smallest absolute Gasteiger partial charge is 0.143 e. The van der Waals surface area contributed by atoms with Crippen molar-refractivity contribution in [1.82, 2.24) is 0 Å². The predicted molar refractivity (Wildman–Crippen MR) is 66.7 cm³/mol. The Morgan fingerprint density at radius 2 is 2.06 bits per heavy atom. The molecule has 3 heteroatoms. The van der Waals surface area contributed by atoms with Gasteiger partial charge in [-0.15, -0.1) is 0 Å². The maximum Gasteiger partial charge on any atom is 0.143 e. The van der Waals surface area contributed by atoms with Gasteiger partial charge in [0, 0.05) is 16.8 Å². The van der Waals surface area contributed by atoms with Gasteiger partial charge in [0.15, 0.2) is 0 Å². The van der Waals surface area contributed by atoms with Crippen molar-refractivity contribution >= 4 is 17.8 Å². The molecule has 2 nitrogen and oxygen atoms in total. The Balaban J connectivity index is 1.77. The molecule has 1 aliphatic rings. The van der Waals surface area contributed by atoms with Crippen molar-refractivity contribution in [2.75, 3.05) is 0 Å². The van der Waals surface area contributed by atoms with Crippen LogP contribution in [-0.2, 0) is 11.4 Å².